The van der Waals surface area contributed by atoms with Crippen molar-refractivity contribution in [2.24, 2.45) is 0 Å². The fourth-order valence-corrected chi connectivity index (χ4v) is 4.70. The van der Waals surface area contributed by atoms with Gasteiger partial charge in [0.15, 0.2) is 6.61 Å². The minimum absolute atomic E-state index is 0.0797. The number of ether oxygens (including phenoxy) is 1. The van der Waals surface area contributed by atoms with Gasteiger partial charge in [-0.2, -0.15) is 0 Å². The van der Waals surface area contributed by atoms with Crippen LogP contribution >= 0.6 is 11.6 Å². The first-order valence-corrected chi connectivity index (χ1v) is 13.1. The molecule has 0 spiro atoms. The van der Waals surface area contributed by atoms with E-state index in [2.05, 4.69) is 29.2 Å². The number of carbonyl (C=O) groups is 2. The molecular weight excluding hydrogens is 486 g/mol. The van der Waals surface area contributed by atoms with E-state index in [0.29, 0.717) is 30.4 Å². The number of hydrogen-bond donors (Lipinski definition) is 0. The van der Waals surface area contributed by atoms with Crippen LogP contribution in [0, 0.1) is 0 Å². The summed E-state index contributed by atoms with van der Waals surface area (Å²) in [7, 11) is 0. The smallest absolute Gasteiger partial charge is 0.261 e. The van der Waals surface area contributed by atoms with Crippen LogP contribution in [-0.2, 0) is 16.1 Å². The van der Waals surface area contributed by atoms with Crippen LogP contribution in [0.3, 0.4) is 0 Å². The maximum absolute atomic E-state index is 13.2. The molecular formula is C30H34ClN3O3. The highest BCUT2D eigenvalue weighted by molar-refractivity contribution is 6.30. The Morgan fingerprint density at radius 1 is 0.892 bits per heavy atom. The van der Waals surface area contributed by atoms with Crippen molar-refractivity contribution in [3.63, 3.8) is 0 Å². The van der Waals surface area contributed by atoms with Gasteiger partial charge in [0.1, 0.15) is 5.75 Å². The topological polar surface area (TPSA) is 53.1 Å². The number of benzene rings is 3. The molecule has 1 aliphatic rings. The molecule has 1 fully saturated rings. The Balaban J connectivity index is 1.32. The van der Waals surface area contributed by atoms with E-state index < -0.39 is 0 Å². The standard InChI is InChI=1S/C30H34ClN3O3/c1-24(26-10-6-3-7-11-26)34(30(36)23-37-28-14-12-27(31)13-15-28)17-16-29(35)33-20-18-32(19-21-33)22-25-8-4-2-5-9-25/h2-15,24H,16-23H2,1H3. The number of hydrogen-bond acceptors (Lipinski definition) is 4. The molecule has 2 amide bonds. The minimum Gasteiger partial charge on any atom is -0.484 e. The number of carbonyl (C=O) groups excluding carboxylic acids is 2. The molecule has 0 bridgehead atoms. The van der Waals surface area contributed by atoms with E-state index in [0.717, 1.165) is 25.2 Å². The van der Waals surface area contributed by atoms with Crippen molar-refractivity contribution in [3.05, 3.63) is 101 Å². The zero-order valence-electron chi connectivity index (χ0n) is 21.3. The van der Waals surface area contributed by atoms with E-state index in [1.54, 1.807) is 29.2 Å². The third-order valence-electron chi connectivity index (χ3n) is 6.79. The van der Waals surface area contributed by atoms with E-state index in [9.17, 15) is 9.59 Å². The summed E-state index contributed by atoms with van der Waals surface area (Å²) in [5.74, 6) is 0.498. The third-order valence-corrected chi connectivity index (χ3v) is 7.04. The number of nitrogens with zero attached hydrogens (tertiary/aromatic N) is 3. The molecule has 6 nitrogen and oxygen atoms in total. The van der Waals surface area contributed by atoms with Crippen LogP contribution in [0.25, 0.3) is 0 Å². The maximum atomic E-state index is 13.2. The maximum Gasteiger partial charge on any atom is 0.261 e. The zero-order chi connectivity index (χ0) is 26.0. The van der Waals surface area contributed by atoms with Crippen molar-refractivity contribution in [2.75, 3.05) is 39.3 Å². The van der Waals surface area contributed by atoms with Gasteiger partial charge in [0.05, 0.1) is 6.04 Å². The normalized spacial score (nSPS) is 14.7. The van der Waals surface area contributed by atoms with Gasteiger partial charge < -0.3 is 14.5 Å². The van der Waals surface area contributed by atoms with Crippen molar-refractivity contribution >= 4 is 23.4 Å². The summed E-state index contributed by atoms with van der Waals surface area (Å²) >= 11 is 5.94. The molecule has 7 heteroatoms. The molecule has 1 aliphatic heterocycles. The van der Waals surface area contributed by atoms with Gasteiger partial charge in [-0.25, -0.2) is 0 Å². The summed E-state index contributed by atoms with van der Waals surface area (Å²) in [6, 6.07) is 27.0. The lowest BCUT2D eigenvalue weighted by Crippen LogP contribution is -2.49. The second kappa shape index (κ2) is 13.3. The SMILES string of the molecule is CC(c1ccccc1)N(CCC(=O)N1CCN(Cc2ccccc2)CC1)C(=O)COc1ccc(Cl)cc1. The summed E-state index contributed by atoms with van der Waals surface area (Å²) in [6.45, 7) is 6.21. The van der Waals surface area contributed by atoms with Crippen molar-refractivity contribution in [2.45, 2.75) is 25.9 Å². The van der Waals surface area contributed by atoms with Crippen LogP contribution in [0.5, 0.6) is 5.75 Å². The lowest BCUT2D eigenvalue weighted by atomic mass is 10.1. The number of halogens is 1. The number of amides is 2. The fourth-order valence-electron chi connectivity index (χ4n) is 4.58. The Morgan fingerprint density at radius 2 is 1.51 bits per heavy atom. The van der Waals surface area contributed by atoms with Crippen LogP contribution in [0.15, 0.2) is 84.9 Å². The molecule has 4 rings (SSSR count). The summed E-state index contributed by atoms with van der Waals surface area (Å²) in [6.07, 6.45) is 0.280. The van der Waals surface area contributed by atoms with E-state index in [4.69, 9.17) is 16.3 Å². The van der Waals surface area contributed by atoms with Crippen LogP contribution in [0.2, 0.25) is 5.02 Å². The average Bonchev–Trinajstić information content (AvgIpc) is 2.94. The second-order valence-corrected chi connectivity index (χ2v) is 9.75. The average molecular weight is 520 g/mol. The zero-order valence-corrected chi connectivity index (χ0v) is 22.0. The molecule has 0 saturated carbocycles. The molecule has 1 saturated heterocycles. The lowest BCUT2D eigenvalue weighted by molar-refractivity contribution is -0.138. The van der Waals surface area contributed by atoms with Crippen LogP contribution in [-0.4, -0.2) is 65.8 Å². The van der Waals surface area contributed by atoms with Gasteiger partial charge in [-0.15, -0.1) is 0 Å². The summed E-state index contributed by atoms with van der Waals surface area (Å²) in [4.78, 5) is 32.4. The van der Waals surface area contributed by atoms with Gasteiger partial charge >= 0.3 is 0 Å². The minimum atomic E-state index is -0.182. The van der Waals surface area contributed by atoms with Gasteiger partial charge in [-0.05, 0) is 42.3 Å². The largest absolute Gasteiger partial charge is 0.484 e. The molecule has 0 aliphatic carbocycles. The molecule has 1 unspecified atom stereocenters. The van der Waals surface area contributed by atoms with E-state index in [1.807, 2.05) is 48.2 Å². The third kappa shape index (κ3) is 7.81. The molecule has 1 heterocycles. The van der Waals surface area contributed by atoms with Crippen LogP contribution < -0.4 is 4.74 Å². The Kier molecular flexibility index (Phi) is 9.58. The van der Waals surface area contributed by atoms with Gasteiger partial charge in [0.2, 0.25) is 5.91 Å². The Morgan fingerprint density at radius 3 is 2.16 bits per heavy atom. The van der Waals surface area contributed by atoms with Crippen LogP contribution in [0.1, 0.15) is 30.5 Å². The first-order valence-electron chi connectivity index (χ1n) is 12.8. The molecule has 3 aromatic rings. The molecule has 0 aromatic heterocycles. The Labute approximate surface area is 224 Å². The van der Waals surface area contributed by atoms with Gasteiger partial charge in [0, 0.05) is 50.7 Å². The van der Waals surface area contributed by atoms with E-state index in [1.165, 1.54) is 5.56 Å². The molecule has 0 N–H and O–H groups in total. The molecule has 194 valence electrons. The molecule has 37 heavy (non-hydrogen) atoms. The van der Waals surface area contributed by atoms with Crippen LogP contribution in [0.4, 0.5) is 0 Å². The predicted octanol–water partition coefficient (Wildman–Crippen LogP) is 5.04. The quantitative estimate of drug-likeness (QED) is 0.376. The van der Waals surface area contributed by atoms with Crippen molar-refractivity contribution in [3.8, 4) is 5.75 Å². The fraction of sp³-hybridized carbons (Fsp3) is 0.333. The number of piperazine rings is 1. The van der Waals surface area contributed by atoms with E-state index >= 15 is 0 Å². The monoisotopic (exact) mass is 519 g/mol. The first kappa shape index (κ1) is 26.7. The van der Waals surface area contributed by atoms with E-state index in [-0.39, 0.29) is 30.9 Å². The van der Waals surface area contributed by atoms with Crippen molar-refractivity contribution in [1.29, 1.82) is 0 Å². The summed E-state index contributed by atoms with van der Waals surface area (Å²) < 4.78 is 5.72. The first-order chi connectivity index (χ1) is 18.0. The highest BCUT2D eigenvalue weighted by Crippen LogP contribution is 2.22. The Hall–Kier alpha value is -3.35. The van der Waals surface area contributed by atoms with Gasteiger partial charge in [0.25, 0.3) is 5.91 Å². The highest BCUT2D eigenvalue weighted by atomic mass is 35.5. The van der Waals surface area contributed by atoms with Gasteiger partial charge in [-0.3, -0.25) is 14.5 Å². The number of rotatable bonds is 10. The summed E-state index contributed by atoms with van der Waals surface area (Å²) in [5.41, 5.74) is 2.30. The van der Waals surface area contributed by atoms with Crippen molar-refractivity contribution in [1.82, 2.24) is 14.7 Å². The molecule has 0 radical (unpaired) electrons. The second-order valence-electron chi connectivity index (χ2n) is 9.31. The highest BCUT2D eigenvalue weighted by Gasteiger charge is 2.26. The molecule has 3 aromatic carbocycles. The van der Waals surface area contributed by atoms with Crippen molar-refractivity contribution < 1.29 is 14.3 Å². The Bertz CT molecular complexity index is 1130. The lowest BCUT2D eigenvalue weighted by Gasteiger charge is -2.35. The molecule has 1 atom stereocenters. The van der Waals surface area contributed by atoms with Gasteiger partial charge in [-0.1, -0.05) is 72.3 Å². The predicted molar refractivity (Wildman–Crippen MR) is 146 cm³/mol. The summed E-state index contributed by atoms with van der Waals surface area (Å²) in [5, 5.41) is 0.609.